The van der Waals surface area contributed by atoms with Gasteiger partial charge in [0.05, 0.1) is 11.6 Å². The first-order chi connectivity index (χ1) is 15.6. The van der Waals surface area contributed by atoms with Crippen molar-refractivity contribution in [2.24, 2.45) is 0 Å². The fraction of sp³-hybridized carbons (Fsp3) is 0.524. The van der Waals surface area contributed by atoms with Crippen LogP contribution in [-0.2, 0) is 14.3 Å². The molecule has 1 saturated heterocycles. The zero-order valence-electron chi connectivity index (χ0n) is 18.2. The van der Waals surface area contributed by atoms with Crippen molar-refractivity contribution in [3.05, 3.63) is 35.4 Å². The normalized spacial score (nSPS) is 13.4. The Hall–Kier alpha value is -3.17. The van der Waals surface area contributed by atoms with Gasteiger partial charge in [0.25, 0.3) is 5.91 Å². The van der Waals surface area contributed by atoms with Gasteiger partial charge in [-0.15, -0.1) is 0 Å². The summed E-state index contributed by atoms with van der Waals surface area (Å²) in [6, 6.07) is 8.62. The summed E-state index contributed by atoms with van der Waals surface area (Å²) in [7, 11) is 1.63. The molecular weight excluding hydrogens is 445 g/mol. The number of ether oxygens (including phenoxy) is 1. The number of alkyl halides is 3. The number of nitrogens with one attached hydrogen (secondary N) is 1. The predicted molar refractivity (Wildman–Crippen MR) is 111 cm³/mol. The summed E-state index contributed by atoms with van der Waals surface area (Å²) in [5.74, 6) is -2.80. The number of methoxy groups -OCH3 is 1. The van der Waals surface area contributed by atoms with Crippen LogP contribution in [0, 0.1) is 11.3 Å². The highest BCUT2D eigenvalue weighted by Gasteiger charge is 2.38. The van der Waals surface area contributed by atoms with Crippen molar-refractivity contribution >= 4 is 17.8 Å². The Labute approximate surface area is 189 Å². The number of hydrogen-bond acceptors (Lipinski definition) is 6. The van der Waals surface area contributed by atoms with Crippen LogP contribution in [0.1, 0.15) is 28.8 Å². The first-order valence-electron chi connectivity index (χ1n) is 10.2. The Morgan fingerprint density at radius 3 is 2.24 bits per heavy atom. The number of carbonyl (C=O) groups excluding carboxylic acids is 2. The molecule has 1 aromatic rings. The molecule has 2 rings (SSSR count). The predicted octanol–water partition coefficient (Wildman–Crippen LogP) is 1.49. The minimum atomic E-state index is -5.08. The van der Waals surface area contributed by atoms with Crippen LogP contribution in [0.25, 0.3) is 0 Å². The van der Waals surface area contributed by atoms with E-state index in [1.165, 1.54) is 0 Å². The summed E-state index contributed by atoms with van der Waals surface area (Å²) < 4.78 is 36.8. The van der Waals surface area contributed by atoms with E-state index in [0.29, 0.717) is 56.8 Å². The summed E-state index contributed by atoms with van der Waals surface area (Å²) in [4.78, 5) is 37.6. The van der Waals surface area contributed by atoms with Gasteiger partial charge in [0.1, 0.15) is 0 Å². The van der Waals surface area contributed by atoms with Gasteiger partial charge < -0.3 is 25.0 Å². The number of hydrogen-bond donors (Lipinski definition) is 2. The van der Waals surface area contributed by atoms with Crippen molar-refractivity contribution in [1.29, 1.82) is 5.26 Å². The molecule has 33 heavy (non-hydrogen) atoms. The molecule has 2 amide bonds. The molecule has 0 saturated carbocycles. The molecule has 182 valence electrons. The molecule has 1 fully saturated rings. The van der Waals surface area contributed by atoms with Gasteiger partial charge in [0, 0.05) is 65.0 Å². The lowest BCUT2D eigenvalue weighted by atomic mass is 10.1. The van der Waals surface area contributed by atoms with Gasteiger partial charge in [-0.25, -0.2) is 4.79 Å². The monoisotopic (exact) mass is 472 g/mol. The molecule has 1 aliphatic rings. The zero-order valence-corrected chi connectivity index (χ0v) is 18.2. The molecule has 0 unspecified atom stereocenters. The molecule has 0 radical (unpaired) electrons. The molecule has 0 atom stereocenters. The van der Waals surface area contributed by atoms with Gasteiger partial charge in [-0.05, 0) is 30.7 Å². The number of carboxylic acid groups (broad SMARTS) is 1. The van der Waals surface area contributed by atoms with Gasteiger partial charge >= 0.3 is 12.1 Å². The Bertz CT molecular complexity index is 819. The number of carboxylic acids is 1. The number of benzene rings is 1. The minimum absolute atomic E-state index is 0.0795. The summed E-state index contributed by atoms with van der Waals surface area (Å²) in [5, 5.41) is 19.2. The van der Waals surface area contributed by atoms with E-state index in [9.17, 15) is 22.8 Å². The molecule has 0 aromatic heterocycles. The Kier molecular flexibility index (Phi) is 11.9. The second-order valence-corrected chi connectivity index (χ2v) is 7.01. The number of halogens is 3. The van der Waals surface area contributed by atoms with Crippen LogP contribution in [0.15, 0.2) is 24.3 Å². The lowest BCUT2D eigenvalue weighted by Gasteiger charge is -2.29. The fourth-order valence-electron chi connectivity index (χ4n) is 2.89. The number of amides is 2. The second-order valence-electron chi connectivity index (χ2n) is 7.01. The van der Waals surface area contributed by atoms with E-state index in [1.54, 1.807) is 36.3 Å². The van der Waals surface area contributed by atoms with Crippen LogP contribution >= 0.6 is 0 Å². The molecular formula is C21H27F3N4O5. The molecule has 0 bridgehead atoms. The van der Waals surface area contributed by atoms with Crippen LogP contribution < -0.4 is 5.32 Å². The summed E-state index contributed by atoms with van der Waals surface area (Å²) >= 11 is 0. The quantitative estimate of drug-likeness (QED) is 0.550. The molecule has 1 aliphatic heterocycles. The number of rotatable bonds is 8. The summed E-state index contributed by atoms with van der Waals surface area (Å²) in [6.45, 7) is 4.52. The van der Waals surface area contributed by atoms with Gasteiger partial charge in [0.15, 0.2) is 0 Å². The molecule has 2 N–H and O–H groups in total. The number of piperazine rings is 1. The van der Waals surface area contributed by atoms with Gasteiger partial charge in [-0.3, -0.25) is 9.59 Å². The lowest BCUT2D eigenvalue weighted by Crippen LogP contribution is -2.47. The van der Waals surface area contributed by atoms with E-state index in [2.05, 4.69) is 5.32 Å². The minimum Gasteiger partial charge on any atom is -0.475 e. The van der Waals surface area contributed by atoms with Crippen LogP contribution in [0.3, 0.4) is 0 Å². The van der Waals surface area contributed by atoms with E-state index in [0.717, 1.165) is 13.1 Å². The van der Waals surface area contributed by atoms with Crippen molar-refractivity contribution in [1.82, 2.24) is 15.1 Å². The van der Waals surface area contributed by atoms with Gasteiger partial charge in [-0.2, -0.15) is 18.4 Å². The number of carbonyl (C=O) groups is 3. The Morgan fingerprint density at radius 2 is 1.76 bits per heavy atom. The maximum absolute atomic E-state index is 12.8. The average Bonchev–Trinajstić information content (AvgIpc) is 2.81. The highest BCUT2D eigenvalue weighted by molar-refractivity contribution is 5.94. The molecule has 9 nitrogen and oxygen atoms in total. The van der Waals surface area contributed by atoms with Crippen LogP contribution in [-0.4, -0.2) is 91.9 Å². The van der Waals surface area contributed by atoms with E-state index >= 15 is 0 Å². The highest BCUT2D eigenvalue weighted by atomic mass is 19.4. The number of nitriles is 1. The SMILES string of the molecule is COCCCN(CCC(=O)N1CCNCC1)C(=O)c1ccc(C#N)cc1.O=C(O)C(F)(F)F. The van der Waals surface area contributed by atoms with Gasteiger partial charge in [-0.1, -0.05) is 0 Å². The fourth-order valence-corrected chi connectivity index (χ4v) is 2.89. The first kappa shape index (κ1) is 27.9. The zero-order chi connectivity index (χ0) is 24.9. The third-order valence-electron chi connectivity index (χ3n) is 4.63. The van der Waals surface area contributed by atoms with Crippen LogP contribution in [0.5, 0.6) is 0 Å². The maximum Gasteiger partial charge on any atom is 0.490 e. The second kappa shape index (κ2) is 14.1. The number of aliphatic carboxylic acids is 1. The molecule has 0 spiro atoms. The van der Waals surface area contributed by atoms with Gasteiger partial charge in [0.2, 0.25) is 5.91 Å². The van der Waals surface area contributed by atoms with Crippen LogP contribution in [0.2, 0.25) is 0 Å². The summed E-state index contributed by atoms with van der Waals surface area (Å²) in [6.07, 6.45) is -4.06. The Balaban J connectivity index is 0.000000675. The standard InChI is InChI=1S/C19H26N4O3.C2HF3O2/c1-26-14-2-10-23(11-7-18(24)22-12-8-21-9-13-22)19(25)17-5-3-16(15-20)4-6-17;3-2(4,5)1(6)7/h3-6,21H,2,7-14H2,1H3;(H,6,7). The maximum atomic E-state index is 12.8. The van der Waals surface area contributed by atoms with Crippen molar-refractivity contribution in [2.45, 2.75) is 19.0 Å². The van der Waals surface area contributed by atoms with E-state index < -0.39 is 12.1 Å². The first-order valence-corrected chi connectivity index (χ1v) is 10.2. The third-order valence-corrected chi connectivity index (χ3v) is 4.63. The van der Waals surface area contributed by atoms with E-state index in [-0.39, 0.29) is 11.8 Å². The van der Waals surface area contributed by atoms with Crippen LogP contribution in [0.4, 0.5) is 13.2 Å². The molecule has 1 aromatic carbocycles. The number of nitrogens with zero attached hydrogens (tertiary/aromatic N) is 3. The topological polar surface area (TPSA) is 123 Å². The molecule has 1 heterocycles. The lowest BCUT2D eigenvalue weighted by molar-refractivity contribution is -0.192. The average molecular weight is 472 g/mol. The highest BCUT2D eigenvalue weighted by Crippen LogP contribution is 2.13. The molecule has 0 aliphatic carbocycles. The Morgan fingerprint density at radius 1 is 1.18 bits per heavy atom. The third kappa shape index (κ3) is 10.3. The summed E-state index contributed by atoms with van der Waals surface area (Å²) in [5.41, 5.74) is 1.04. The van der Waals surface area contributed by atoms with Crippen molar-refractivity contribution in [3.8, 4) is 6.07 Å². The molecule has 12 heteroatoms. The van der Waals surface area contributed by atoms with Crippen molar-refractivity contribution < 1.29 is 37.4 Å². The smallest absolute Gasteiger partial charge is 0.475 e. The van der Waals surface area contributed by atoms with Crippen molar-refractivity contribution in [3.63, 3.8) is 0 Å². The largest absolute Gasteiger partial charge is 0.490 e. The van der Waals surface area contributed by atoms with E-state index in [1.807, 2.05) is 11.0 Å². The van der Waals surface area contributed by atoms with E-state index in [4.69, 9.17) is 19.9 Å². The van der Waals surface area contributed by atoms with Crippen molar-refractivity contribution in [2.75, 3.05) is 53.0 Å².